The summed E-state index contributed by atoms with van der Waals surface area (Å²) in [5, 5.41) is 12.8. The highest BCUT2D eigenvalue weighted by molar-refractivity contribution is 7.80. The van der Waals surface area contributed by atoms with Gasteiger partial charge in [-0.1, -0.05) is 12.2 Å². The summed E-state index contributed by atoms with van der Waals surface area (Å²) < 4.78 is 1.61. The van der Waals surface area contributed by atoms with Gasteiger partial charge < -0.3 is 15.3 Å². The maximum absolute atomic E-state index is 13.1. The maximum Gasteiger partial charge on any atom is 0.329 e. The number of aliphatic hydroxyl groups excluding tert-OH is 1. The number of nitrogens with one attached hydrogen (secondary N) is 2. The normalized spacial score (nSPS) is 15.2. The van der Waals surface area contributed by atoms with Crippen molar-refractivity contribution in [2.24, 2.45) is 0 Å². The van der Waals surface area contributed by atoms with Crippen LogP contribution in [0.15, 0.2) is 46.2 Å². The minimum Gasteiger partial charge on any atom is -0.386 e. The van der Waals surface area contributed by atoms with Crippen molar-refractivity contribution in [3.8, 4) is 11.3 Å². The molecular formula is C25H25N7O4S. The molecule has 5 rings (SSSR count). The van der Waals surface area contributed by atoms with E-state index in [1.165, 1.54) is 13.1 Å². The van der Waals surface area contributed by atoms with Crippen molar-refractivity contribution in [1.82, 2.24) is 29.4 Å². The van der Waals surface area contributed by atoms with Crippen LogP contribution in [0.25, 0.3) is 33.2 Å². The van der Waals surface area contributed by atoms with E-state index >= 15 is 0 Å². The summed E-state index contributed by atoms with van der Waals surface area (Å²) in [5.41, 5.74) is 1.67. The molecular weight excluding hydrogens is 494 g/mol. The lowest BCUT2D eigenvalue weighted by atomic mass is 10.0. The first-order valence-corrected chi connectivity index (χ1v) is 12.3. The zero-order valence-electron chi connectivity index (χ0n) is 20.3. The number of hydrogen-bond acceptors (Lipinski definition) is 8. The van der Waals surface area contributed by atoms with E-state index in [1.807, 2.05) is 4.90 Å². The fraction of sp³-hybridized carbons (Fsp3) is 0.320. The summed E-state index contributed by atoms with van der Waals surface area (Å²) in [6.07, 6.45) is 3.55. The average molecular weight is 520 g/mol. The molecule has 1 amide bonds. The number of piperidine rings is 1. The number of thiocarbonyl (C=S) groups is 1. The molecule has 0 aromatic carbocycles. The van der Waals surface area contributed by atoms with Gasteiger partial charge in [0.1, 0.15) is 22.4 Å². The lowest BCUT2D eigenvalue weighted by Crippen LogP contribution is -2.44. The highest BCUT2D eigenvalue weighted by atomic mass is 32.1. The second-order valence-electron chi connectivity index (χ2n) is 9.06. The molecule has 0 bridgehead atoms. The number of anilines is 1. The fourth-order valence-corrected chi connectivity index (χ4v) is 4.89. The fourth-order valence-electron chi connectivity index (χ4n) is 4.71. The Morgan fingerprint density at radius 3 is 2.57 bits per heavy atom. The number of H-pyrrole nitrogens is 1. The minimum absolute atomic E-state index is 0.199. The largest absolute Gasteiger partial charge is 0.386 e. The van der Waals surface area contributed by atoms with Gasteiger partial charge in [-0.05, 0) is 44.0 Å². The predicted molar refractivity (Wildman–Crippen MR) is 144 cm³/mol. The topological polar surface area (TPSA) is 146 Å². The Hall–Kier alpha value is -4.03. The van der Waals surface area contributed by atoms with E-state index in [0.717, 1.165) is 0 Å². The van der Waals surface area contributed by atoms with Crippen LogP contribution in [-0.2, 0) is 4.79 Å². The Balaban J connectivity index is 1.61. The van der Waals surface area contributed by atoms with E-state index in [1.54, 1.807) is 42.0 Å². The van der Waals surface area contributed by atoms with E-state index in [0.29, 0.717) is 64.5 Å². The van der Waals surface area contributed by atoms with E-state index in [9.17, 15) is 19.5 Å². The lowest BCUT2D eigenvalue weighted by Gasteiger charge is -2.35. The first kappa shape index (κ1) is 24.7. The second-order valence-corrected chi connectivity index (χ2v) is 9.48. The van der Waals surface area contributed by atoms with E-state index in [2.05, 4.69) is 20.3 Å². The lowest BCUT2D eigenvalue weighted by molar-refractivity contribution is -0.114. The number of likely N-dealkylation sites (tertiary alicyclic amines) is 1. The molecule has 190 valence electrons. The van der Waals surface area contributed by atoms with Gasteiger partial charge in [-0.15, -0.1) is 0 Å². The highest BCUT2D eigenvalue weighted by Crippen LogP contribution is 2.29. The highest BCUT2D eigenvalue weighted by Gasteiger charge is 2.27. The van der Waals surface area contributed by atoms with Crippen molar-refractivity contribution < 1.29 is 9.90 Å². The smallest absolute Gasteiger partial charge is 0.329 e. The average Bonchev–Trinajstić information content (AvgIpc) is 2.88. The van der Waals surface area contributed by atoms with Crippen LogP contribution < -0.4 is 16.6 Å². The summed E-state index contributed by atoms with van der Waals surface area (Å²) >= 11 is 5.34. The van der Waals surface area contributed by atoms with E-state index in [4.69, 9.17) is 17.2 Å². The van der Waals surface area contributed by atoms with Gasteiger partial charge >= 0.3 is 5.69 Å². The molecule has 1 fully saturated rings. The molecule has 4 aromatic heterocycles. The molecule has 1 saturated heterocycles. The van der Waals surface area contributed by atoms with Crippen LogP contribution in [0, 0.1) is 0 Å². The van der Waals surface area contributed by atoms with Crippen molar-refractivity contribution in [2.75, 3.05) is 18.4 Å². The number of fused-ring (bicyclic) bond motifs is 3. The number of nitrogens with zero attached hydrogens (tertiary/aromatic N) is 5. The van der Waals surface area contributed by atoms with Gasteiger partial charge in [-0.25, -0.2) is 14.8 Å². The molecule has 0 saturated carbocycles. The summed E-state index contributed by atoms with van der Waals surface area (Å²) in [4.78, 5) is 55.5. The summed E-state index contributed by atoms with van der Waals surface area (Å²) in [6.45, 7) is 4.20. The van der Waals surface area contributed by atoms with Crippen molar-refractivity contribution >= 4 is 50.9 Å². The van der Waals surface area contributed by atoms with Crippen LogP contribution >= 0.6 is 12.2 Å². The number of amides is 1. The third-order valence-electron chi connectivity index (χ3n) is 6.47. The van der Waals surface area contributed by atoms with E-state index in [-0.39, 0.29) is 17.3 Å². The molecule has 0 radical (unpaired) electrons. The Morgan fingerprint density at radius 2 is 1.92 bits per heavy atom. The molecule has 1 aliphatic rings. The molecule has 3 N–H and O–H groups in total. The van der Waals surface area contributed by atoms with Crippen molar-refractivity contribution in [1.29, 1.82) is 0 Å². The van der Waals surface area contributed by atoms with Crippen molar-refractivity contribution in [2.45, 2.75) is 38.8 Å². The van der Waals surface area contributed by atoms with Gasteiger partial charge in [0, 0.05) is 44.0 Å². The number of aromatic amines is 1. The van der Waals surface area contributed by atoms with Crippen molar-refractivity contribution in [3.05, 3.63) is 57.5 Å². The molecule has 11 nitrogen and oxygen atoms in total. The quantitative estimate of drug-likeness (QED) is 0.272. The number of aliphatic hydroxyl groups is 1. The Kier molecular flexibility index (Phi) is 6.52. The summed E-state index contributed by atoms with van der Waals surface area (Å²) in [7, 11) is 0. The minimum atomic E-state index is -0.720. The molecule has 12 heteroatoms. The molecule has 0 spiro atoms. The van der Waals surface area contributed by atoms with Gasteiger partial charge in [-0.3, -0.25) is 24.1 Å². The molecule has 1 aliphatic heterocycles. The van der Waals surface area contributed by atoms with Crippen LogP contribution in [0.5, 0.6) is 0 Å². The molecule has 0 unspecified atom stereocenters. The Morgan fingerprint density at radius 1 is 1.16 bits per heavy atom. The van der Waals surface area contributed by atoms with Crippen molar-refractivity contribution in [3.63, 3.8) is 0 Å². The molecule has 1 atom stereocenters. The number of aromatic nitrogens is 5. The van der Waals surface area contributed by atoms with E-state index < -0.39 is 17.4 Å². The monoisotopic (exact) mass is 519 g/mol. The number of rotatable bonds is 4. The molecule has 37 heavy (non-hydrogen) atoms. The zero-order chi connectivity index (χ0) is 26.3. The molecule has 4 aromatic rings. The third kappa shape index (κ3) is 4.72. The zero-order valence-corrected chi connectivity index (χ0v) is 21.1. The van der Waals surface area contributed by atoms with Crippen LogP contribution in [0.4, 0.5) is 5.82 Å². The van der Waals surface area contributed by atoms with Gasteiger partial charge in [0.05, 0.1) is 22.1 Å². The predicted octanol–water partition coefficient (Wildman–Crippen LogP) is 2.00. The number of carbonyl (C=O) groups is 1. The number of hydrogen-bond donors (Lipinski definition) is 3. The van der Waals surface area contributed by atoms with Gasteiger partial charge in [-0.2, -0.15) is 0 Å². The SMILES string of the molecule is CC(=O)Nc1ccc(-c2ccc3ncc4c(=O)[nH]c(=O)n(C5CCN(C(=S)[C@@H](C)O)CC5)c4c3n2)cn1. The molecule has 5 heterocycles. The summed E-state index contributed by atoms with van der Waals surface area (Å²) in [6, 6.07) is 6.84. The number of carbonyl (C=O) groups excluding carboxylic acids is 1. The van der Waals surface area contributed by atoms with Crippen LogP contribution in [0.1, 0.15) is 32.7 Å². The third-order valence-corrected chi connectivity index (χ3v) is 7.07. The summed E-state index contributed by atoms with van der Waals surface area (Å²) in [5.74, 6) is 0.203. The Labute approximate surface area is 216 Å². The first-order valence-electron chi connectivity index (χ1n) is 11.9. The van der Waals surface area contributed by atoms with Gasteiger partial charge in [0.15, 0.2) is 0 Å². The standard InChI is InChI=1S/C25H25N7O4S/c1-13(33)24(37)31-9-7-16(8-10-31)32-22-17(23(35)30-25(32)36)12-26-19-5-4-18(29-21(19)22)15-3-6-20(27-11-15)28-14(2)34/h3-6,11-13,16,33H,7-10H2,1-2H3,(H,27,28,34)(H,30,35,36)/t13-/m1/s1. The molecule has 0 aliphatic carbocycles. The second kappa shape index (κ2) is 9.79. The van der Waals surface area contributed by atoms with Gasteiger partial charge in [0.2, 0.25) is 5.91 Å². The Bertz CT molecular complexity index is 1640. The van der Waals surface area contributed by atoms with Gasteiger partial charge in [0.25, 0.3) is 5.56 Å². The first-order chi connectivity index (χ1) is 17.7. The van der Waals surface area contributed by atoms with Crippen LogP contribution in [-0.4, -0.2) is 64.6 Å². The number of pyridine rings is 3. The van der Waals surface area contributed by atoms with Crippen LogP contribution in [0.3, 0.4) is 0 Å². The van der Waals surface area contributed by atoms with Crippen LogP contribution in [0.2, 0.25) is 0 Å². The maximum atomic E-state index is 13.1.